The largest absolute Gasteiger partial charge is 0.300 e. The zero-order valence-electron chi connectivity index (χ0n) is 13.8. The number of benzene rings is 1. The molecule has 0 fully saturated rings. The van der Waals surface area contributed by atoms with Gasteiger partial charge in [0.2, 0.25) is 0 Å². The predicted molar refractivity (Wildman–Crippen MR) is 94.6 cm³/mol. The number of aromatic nitrogens is 4. The molecule has 8 heteroatoms. The Labute approximate surface area is 153 Å². The Hall–Kier alpha value is -2.93. The summed E-state index contributed by atoms with van der Waals surface area (Å²) < 4.78 is 14.9. The molecule has 0 amide bonds. The van der Waals surface area contributed by atoms with Crippen LogP contribution in [0, 0.1) is 5.82 Å². The van der Waals surface area contributed by atoms with Crippen molar-refractivity contribution in [3.8, 4) is 11.3 Å². The Morgan fingerprint density at radius 3 is 2.77 bits per heavy atom. The van der Waals surface area contributed by atoms with E-state index in [9.17, 15) is 14.0 Å². The van der Waals surface area contributed by atoms with Crippen LogP contribution < -0.4 is 5.56 Å². The number of carbonyl (C=O) groups excluding carboxylic acids is 1. The second-order valence-corrected chi connectivity index (χ2v) is 6.06. The van der Waals surface area contributed by atoms with E-state index in [1.807, 2.05) is 0 Å². The number of hydrogen-bond acceptors (Lipinski definition) is 5. The van der Waals surface area contributed by atoms with E-state index in [1.54, 1.807) is 13.1 Å². The van der Waals surface area contributed by atoms with Crippen LogP contribution in [0.1, 0.15) is 22.7 Å². The van der Waals surface area contributed by atoms with Crippen LogP contribution in [0.2, 0.25) is 5.02 Å². The maximum atomic E-state index is 13.5. The summed E-state index contributed by atoms with van der Waals surface area (Å²) in [5.74, 6) is -0.207. The van der Waals surface area contributed by atoms with Crippen molar-refractivity contribution >= 4 is 17.4 Å². The van der Waals surface area contributed by atoms with E-state index < -0.39 is 5.82 Å². The molecule has 0 saturated carbocycles. The summed E-state index contributed by atoms with van der Waals surface area (Å²) in [5.41, 5.74) is 0.875. The summed E-state index contributed by atoms with van der Waals surface area (Å²) >= 11 is 5.86. The molecule has 0 aliphatic heterocycles. The number of rotatable bonds is 5. The zero-order valence-corrected chi connectivity index (χ0v) is 14.6. The molecule has 1 aromatic carbocycles. The van der Waals surface area contributed by atoms with Gasteiger partial charge in [-0.05, 0) is 24.3 Å². The van der Waals surface area contributed by atoms with E-state index in [1.165, 1.54) is 41.4 Å². The number of carbonyl (C=O) groups is 1. The average Bonchev–Trinajstić information content (AvgIpc) is 2.62. The minimum atomic E-state index is -0.491. The standard InChI is InChI=1S/C18H14ClFN4O2/c1-24-17(21-5-4-18(24)26)3-2-16(25)15-9-14(22-10-23-15)11-6-12(19)8-13(20)7-11/h4-10H,2-3H2,1H3. The minimum Gasteiger partial charge on any atom is -0.300 e. The Morgan fingerprint density at radius 1 is 1.19 bits per heavy atom. The van der Waals surface area contributed by atoms with E-state index in [4.69, 9.17) is 11.6 Å². The summed E-state index contributed by atoms with van der Waals surface area (Å²) in [6.07, 6.45) is 3.09. The van der Waals surface area contributed by atoms with Crippen LogP contribution in [0.3, 0.4) is 0 Å². The molecule has 3 rings (SSSR count). The maximum Gasteiger partial charge on any atom is 0.253 e. The van der Waals surface area contributed by atoms with Crippen molar-refractivity contribution in [3.63, 3.8) is 0 Å². The number of nitrogens with zero attached hydrogens (tertiary/aromatic N) is 4. The van der Waals surface area contributed by atoms with Crippen molar-refractivity contribution in [2.75, 3.05) is 0 Å². The highest BCUT2D eigenvalue weighted by Crippen LogP contribution is 2.23. The van der Waals surface area contributed by atoms with Gasteiger partial charge in [0, 0.05) is 42.7 Å². The second-order valence-electron chi connectivity index (χ2n) is 5.63. The number of halogens is 2. The lowest BCUT2D eigenvalue weighted by Crippen LogP contribution is -2.21. The molecule has 26 heavy (non-hydrogen) atoms. The number of ketones is 1. The summed E-state index contributed by atoms with van der Waals surface area (Å²) in [6.45, 7) is 0. The molecule has 3 aromatic rings. The lowest BCUT2D eigenvalue weighted by molar-refractivity contribution is 0.0977. The normalized spacial score (nSPS) is 10.7. The van der Waals surface area contributed by atoms with Gasteiger partial charge in [0.1, 0.15) is 23.7 Å². The van der Waals surface area contributed by atoms with Crippen molar-refractivity contribution in [1.29, 1.82) is 0 Å². The van der Waals surface area contributed by atoms with Gasteiger partial charge in [-0.15, -0.1) is 0 Å². The van der Waals surface area contributed by atoms with E-state index in [0.29, 0.717) is 23.5 Å². The molecular weight excluding hydrogens is 359 g/mol. The van der Waals surface area contributed by atoms with Crippen molar-refractivity contribution in [3.05, 3.63) is 75.6 Å². The summed E-state index contributed by atoms with van der Waals surface area (Å²) in [7, 11) is 1.60. The third-order valence-corrected chi connectivity index (χ3v) is 4.06. The molecule has 0 saturated heterocycles. The first-order valence-electron chi connectivity index (χ1n) is 7.76. The van der Waals surface area contributed by atoms with Gasteiger partial charge in [0.05, 0.1) is 5.69 Å². The van der Waals surface area contributed by atoms with Crippen molar-refractivity contribution < 1.29 is 9.18 Å². The Balaban J connectivity index is 1.80. The monoisotopic (exact) mass is 372 g/mol. The van der Waals surface area contributed by atoms with Gasteiger partial charge in [-0.2, -0.15) is 0 Å². The maximum absolute atomic E-state index is 13.5. The molecule has 132 valence electrons. The molecular formula is C18H14ClFN4O2. The highest BCUT2D eigenvalue weighted by molar-refractivity contribution is 6.30. The van der Waals surface area contributed by atoms with Gasteiger partial charge in [0.25, 0.3) is 5.56 Å². The fraction of sp³-hybridized carbons (Fsp3) is 0.167. The van der Waals surface area contributed by atoms with E-state index in [0.717, 1.165) is 0 Å². The fourth-order valence-corrected chi connectivity index (χ4v) is 2.69. The lowest BCUT2D eigenvalue weighted by Gasteiger charge is -2.06. The fourth-order valence-electron chi connectivity index (χ4n) is 2.47. The van der Waals surface area contributed by atoms with Gasteiger partial charge in [-0.25, -0.2) is 19.3 Å². The van der Waals surface area contributed by atoms with Crippen LogP contribution in [0.25, 0.3) is 11.3 Å². The van der Waals surface area contributed by atoms with Crippen LogP contribution in [0.15, 0.2) is 47.7 Å². The molecule has 0 unspecified atom stereocenters. The Morgan fingerprint density at radius 2 is 2.00 bits per heavy atom. The molecule has 0 aliphatic rings. The highest BCUT2D eigenvalue weighted by atomic mass is 35.5. The molecule has 2 aromatic heterocycles. The average molecular weight is 373 g/mol. The number of aryl methyl sites for hydroxylation is 1. The summed E-state index contributed by atoms with van der Waals surface area (Å²) in [6, 6.07) is 6.88. The topological polar surface area (TPSA) is 77.7 Å². The molecule has 0 aliphatic carbocycles. The van der Waals surface area contributed by atoms with Gasteiger partial charge in [-0.3, -0.25) is 14.2 Å². The molecule has 0 bridgehead atoms. The molecule has 0 atom stereocenters. The van der Waals surface area contributed by atoms with Crippen LogP contribution >= 0.6 is 11.6 Å². The quantitative estimate of drug-likeness (QED) is 0.643. The van der Waals surface area contributed by atoms with E-state index in [-0.39, 0.29) is 28.5 Å². The number of hydrogen-bond donors (Lipinski definition) is 0. The summed E-state index contributed by atoms with van der Waals surface area (Å²) in [4.78, 5) is 36.2. The van der Waals surface area contributed by atoms with Crippen LogP contribution in [-0.2, 0) is 13.5 Å². The zero-order chi connectivity index (χ0) is 18.7. The third kappa shape index (κ3) is 4.00. The molecule has 6 nitrogen and oxygen atoms in total. The van der Waals surface area contributed by atoms with Crippen LogP contribution in [-0.4, -0.2) is 25.3 Å². The Bertz CT molecular complexity index is 1020. The lowest BCUT2D eigenvalue weighted by atomic mass is 10.1. The molecule has 2 heterocycles. The third-order valence-electron chi connectivity index (χ3n) is 3.85. The minimum absolute atomic E-state index is 0.130. The molecule has 0 spiro atoms. The van der Waals surface area contributed by atoms with Gasteiger partial charge in [0.15, 0.2) is 5.78 Å². The first kappa shape index (κ1) is 17.9. The summed E-state index contributed by atoms with van der Waals surface area (Å²) in [5, 5.41) is 0.238. The van der Waals surface area contributed by atoms with E-state index in [2.05, 4.69) is 15.0 Å². The molecule has 0 radical (unpaired) electrons. The van der Waals surface area contributed by atoms with E-state index >= 15 is 0 Å². The number of Topliss-reactive ketones (excluding diaryl/α,β-unsaturated/α-hetero) is 1. The molecule has 0 N–H and O–H groups in total. The van der Waals surface area contributed by atoms with Crippen LogP contribution in [0.5, 0.6) is 0 Å². The van der Waals surface area contributed by atoms with Crippen LogP contribution in [0.4, 0.5) is 4.39 Å². The highest BCUT2D eigenvalue weighted by Gasteiger charge is 2.12. The smallest absolute Gasteiger partial charge is 0.253 e. The van der Waals surface area contributed by atoms with Crippen molar-refractivity contribution in [2.45, 2.75) is 12.8 Å². The Kier molecular flexibility index (Phi) is 5.18. The second kappa shape index (κ2) is 7.53. The first-order chi connectivity index (χ1) is 12.4. The SMILES string of the molecule is Cn1c(CCC(=O)c2cc(-c3cc(F)cc(Cl)c3)ncn2)nccc1=O. The van der Waals surface area contributed by atoms with Gasteiger partial charge < -0.3 is 0 Å². The van der Waals surface area contributed by atoms with Crippen molar-refractivity contribution in [2.24, 2.45) is 7.05 Å². The first-order valence-corrected chi connectivity index (χ1v) is 8.14. The van der Waals surface area contributed by atoms with Gasteiger partial charge in [-0.1, -0.05) is 11.6 Å². The predicted octanol–water partition coefficient (Wildman–Crippen LogP) is 2.85. The van der Waals surface area contributed by atoms with Crippen molar-refractivity contribution in [1.82, 2.24) is 19.5 Å². The van der Waals surface area contributed by atoms with Gasteiger partial charge >= 0.3 is 0 Å².